The Morgan fingerprint density at radius 1 is 0.303 bits per heavy atom. The van der Waals surface area contributed by atoms with Gasteiger partial charge in [0, 0.05) is 80.4 Å². The van der Waals surface area contributed by atoms with Crippen LogP contribution in [0.4, 0.5) is 0 Å². The normalized spacial score (nSPS) is 11.9. The summed E-state index contributed by atoms with van der Waals surface area (Å²) in [5.74, 6) is 1.69. The van der Waals surface area contributed by atoms with E-state index in [4.69, 9.17) is 23.8 Å². The van der Waals surface area contributed by atoms with Gasteiger partial charge in [0.15, 0.2) is 17.5 Å². The van der Waals surface area contributed by atoms with Gasteiger partial charge in [0.05, 0.1) is 11.0 Å². The van der Waals surface area contributed by atoms with Crippen molar-refractivity contribution in [3.63, 3.8) is 0 Å². The van der Waals surface area contributed by atoms with Crippen LogP contribution in [0.5, 0.6) is 0 Å². The molecule has 0 aliphatic carbocycles. The summed E-state index contributed by atoms with van der Waals surface area (Å²) in [6, 6.07) is 85.7. The van der Waals surface area contributed by atoms with Crippen molar-refractivity contribution in [1.82, 2.24) is 19.5 Å². The largest absolute Gasteiger partial charge is 0.456 e. The first kappa shape index (κ1) is 42.5. The van der Waals surface area contributed by atoms with E-state index in [9.17, 15) is 0 Å². The van der Waals surface area contributed by atoms with Crippen LogP contribution in [-0.2, 0) is 0 Å². The van der Waals surface area contributed by atoms with Gasteiger partial charge in [0.25, 0.3) is 0 Å². The molecule has 0 fully saturated rings. The van der Waals surface area contributed by atoms with Gasteiger partial charge in [-0.15, -0.1) is 11.3 Å². The number of thiophene rings is 1. The van der Waals surface area contributed by atoms with Crippen molar-refractivity contribution in [2.24, 2.45) is 0 Å². The quantitative estimate of drug-likeness (QED) is 0.159. The Kier molecular flexibility index (Phi) is 9.40. The minimum Gasteiger partial charge on any atom is -0.456 e. The molecule has 5 heterocycles. The van der Waals surface area contributed by atoms with E-state index >= 15 is 0 Å². The number of furan rings is 2. The molecule has 0 saturated heterocycles. The molecular formula is C69H40N4O2S. The lowest BCUT2D eigenvalue weighted by atomic mass is 9.98. The number of aromatic nitrogens is 4. The Bertz CT molecular complexity index is 4990. The first-order valence-corrected chi connectivity index (χ1v) is 26.3. The van der Waals surface area contributed by atoms with E-state index in [-0.39, 0.29) is 0 Å². The van der Waals surface area contributed by atoms with Crippen LogP contribution in [0.2, 0.25) is 0 Å². The van der Waals surface area contributed by atoms with Gasteiger partial charge in [-0.05, 0) is 107 Å². The third-order valence-corrected chi connectivity index (χ3v) is 16.2. The number of nitrogens with zero attached hydrogens (tertiary/aromatic N) is 4. The fraction of sp³-hybridized carbons (Fsp3) is 0. The zero-order chi connectivity index (χ0) is 49.8. The minimum absolute atomic E-state index is 0.552. The summed E-state index contributed by atoms with van der Waals surface area (Å²) in [4.78, 5) is 15.6. The van der Waals surface area contributed by atoms with Crippen LogP contribution < -0.4 is 0 Å². The third-order valence-electron chi connectivity index (χ3n) is 15.1. The summed E-state index contributed by atoms with van der Waals surface area (Å²) in [7, 11) is 0. The molecule has 0 amide bonds. The molecule has 0 aliphatic heterocycles. The van der Waals surface area contributed by atoms with E-state index in [0.717, 1.165) is 88.5 Å². The maximum absolute atomic E-state index is 6.69. The molecule has 354 valence electrons. The molecule has 16 rings (SSSR count). The lowest BCUT2D eigenvalue weighted by Crippen LogP contribution is -2.00. The highest BCUT2D eigenvalue weighted by Crippen LogP contribution is 2.43. The highest BCUT2D eigenvalue weighted by molar-refractivity contribution is 7.25. The van der Waals surface area contributed by atoms with Crippen molar-refractivity contribution >= 4 is 97.2 Å². The molecule has 11 aromatic carbocycles. The molecule has 5 aromatic heterocycles. The topological polar surface area (TPSA) is 69.9 Å². The van der Waals surface area contributed by atoms with Crippen molar-refractivity contribution in [1.29, 1.82) is 0 Å². The average Bonchev–Trinajstić information content (AvgIpc) is 4.27. The second-order valence-electron chi connectivity index (χ2n) is 19.5. The third kappa shape index (κ3) is 6.76. The van der Waals surface area contributed by atoms with Crippen LogP contribution in [0.3, 0.4) is 0 Å². The summed E-state index contributed by atoms with van der Waals surface area (Å²) in [6.07, 6.45) is 0. The van der Waals surface area contributed by atoms with Crippen molar-refractivity contribution in [3.8, 4) is 73.2 Å². The van der Waals surface area contributed by atoms with Crippen LogP contribution in [0.15, 0.2) is 251 Å². The van der Waals surface area contributed by atoms with Crippen LogP contribution >= 0.6 is 11.3 Å². The van der Waals surface area contributed by atoms with Crippen LogP contribution in [0.1, 0.15) is 0 Å². The van der Waals surface area contributed by atoms with Gasteiger partial charge >= 0.3 is 0 Å². The zero-order valence-electron chi connectivity index (χ0n) is 40.6. The van der Waals surface area contributed by atoms with Gasteiger partial charge in [-0.3, -0.25) is 0 Å². The number of fused-ring (bicyclic) bond motifs is 12. The molecule has 76 heavy (non-hydrogen) atoms. The highest BCUT2D eigenvalue weighted by Gasteiger charge is 2.21. The van der Waals surface area contributed by atoms with E-state index in [1.807, 2.05) is 59.9 Å². The summed E-state index contributed by atoms with van der Waals surface area (Å²) >= 11 is 1.84. The second-order valence-corrected chi connectivity index (χ2v) is 20.6. The maximum atomic E-state index is 6.69. The first-order valence-electron chi connectivity index (χ1n) is 25.5. The van der Waals surface area contributed by atoms with E-state index in [0.29, 0.717) is 17.5 Å². The lowest BCUT2D eigenvalue weighted by molar-refractivity contribution is 0.669. The molecule has 6 nitrogen and oxygen atoms in total. The van der Waals surface area contributed by atoms with Gasteiger partial charge in [-0.1, -0.05) is 164 Å². The highest BCUT2D eigenvalue weighted by atomic mass is 32.1. The van der Waals surface area contributed by atoms with Gasteiger partial charge < -0.3 is 13.4 Å². The Morgan fingerprint density at radius 2 is 0.908 bits per heavy atom. The minimum atomic E-state index is 0.552. The molecule has 0 bridgehead atoms. The van der Waals surface area contributed by atoms with E-state index in [2.05, 4.69) is 199 Å². The van der Waals surface area contributed by atoms with Crippen molar-refractivity contribution in [2.75, 3.05) is 0 Å². The molecule has 0 unspecified atom stereocenters. The Hall–Kier alpha value is -9.95. The molecule has 0 saturated carbocycles. The van der Waals surface area contributed by atoms with Gasteiger partial charge in [0.2, 0.25) is 0 Å². The summed E-state index contributed by atoms with van der Waals surface area (Å²) in [5.41, 5.74) is 16.2. The van der Waals surface area contributed by atoms with Gasteiger partial charge in [-0.2, -0.15) is 0 Å². The van der Waals surface area contributed by atoms with Crippen LogP contribution in [0.25, 0.3) is 159 Å². The maximum Gasteiger partial charge on any atom is 0.164 e. The lowest BCUT2D eigenvalue weighted by Gasteiger charge is -2.09. The van der Waals surface area contributed by atoms with Crippen LogP contribution in [0, 0.1) is 0 Å². The molecule has 0 radical (unpaired) electrons. The molecule has 0 atom stereocenters. The standard InChI is InChI=1S/C69H40N4O2S/c1-4-14-41(15-5-1)49-21-12-22-53-51-31-27-47(39-62(51)75-66(49)53)68-70-67(42-16-6-2-7-17-42)71-69(72-68)54-23-13-25-61-65(54)57-38-44(29-34-60(57)74-61)45-30-35-63-56(37-45)52-32-26-46(40-64(52)76-63)43-28-33-59-55(36-43)50-20-10-11-24-58(50)73(59)48-18-8-3-9-19-48/h1-40H. The van der Waals surface area contributed by atoms with Crippen LogP contribution in [-0.4, -0.2) is 19.5 Å². The fourth-order valence-electron chi connectivity index (χ4n) is 11.5. The number of rotatable bonds is 7. The first-order chi connectivity index (χ1) is 37.6. The number of hydrogen-bond donors (Lipinski definition) is 0. The number of hydrogen-bond acceptors (Lipinski definition) is 6. The Labute approximate surface area is 439 Å². The zero-order valence-corrected chi connectivity index (χ0v) is 41.4. The average molecular weight is 989 g/mol. The van der Waals surface area contributed by atoms with Crippen molar-refractivity contribution in [2.45, 2.75) is 0 Å². The molecule has 0 spiro atoms. The van der Waals surface area contributed by atoms with Crippen molar-refractivity contribution < 1.29 is 8.83 Å². The van der Waals surface area contributed by atoms with Gasteiger partial charge in [0.1, 0.15) is 22.3 Å². The van der Waals surface area contributed by atoms with E-state index in [1.165, 1.54) is 53.1 Å². The summed E-state index contributed by atoms with van der Waals surface area (Å²) in [5, 5.41) is 9.04. The Balaban J connectivity index is 0.784. The molecule has 7 heteroatoms. The van der Waals surface area contributed by atoms with E-state index < -0.39 is 0 Å². The van der Waals surface area contributed by atoms with E-state index in [1.54, 1.807) is 0 Å². The molecular weight excluding hydrogens is 949 g/mol. The predicted octanol–water partition coefficient (Wildman–Crippen LogP) is 19.1. The molecule has 0 N–H and O–H groups in total. The number of benzene rings is 11. The SMILES string of the molecule is c1ccc(-c2nc(-c3ccc4c(c3)oc3c(-c5ccccc5)cccc34)nc(-c3cccc4oc5ccc(-c6ccc7sc8cc(-c9ccc%10c(c9)c9ccccc9n%10-c9ccccc9)ccc8c7c6)cc5c34)n2)cc1. The summed E-state index contributed by atoms with van der Waals surface area (Å²) < 4.78 is 18.2. The van der Waals surface area contributed by atoms with Crippen molar-refractivity contribution in [3.05, 3.63) is 243 Å². The molecule has 16 aromatic rings. The number of para-hydroxylation sites is 3. The summed E-state index contributed by atoms with van der Waals surface area (Å²) in [6.45, 7) is 0. The smallest absolute Gasteiger partial charge is 0.164 e. The van der Waals surface area contributed by atoms with Gasteiger partial charge in [-0.25, -0.2) is 15.0 Å². The monoisotopic (exact) mass is 988 g/mol. The Morgan fingerprint density at radius 3 is 1.75 bits per heavy atom. The molecule has 0 aliphatic rings. The predicted molar refractivity (Wildman–Crippen MR) is 314 cm³/mol. The second kappa shape index (κ2) is 16.8. The fourth-order valence-corrected chi connectivity index (χ4v) is 12.6.